The quantitative estimate of drug-likeness (QED) is 0.556. The monoisotopic (exact) mass is 433 g/mol. The highest BCUT2D eigenvalue weighted by Crippen LogP contribution is 2.38. The molecule has 2 aromatic rings. The molecule has 168 valence electrons. The molecule has 0 radical (unpaired) electrons. The van der Waals surface area contributed by atoms with E-state index in [1.165, 1.54) is 40.6 Å². The van der Waals surface area contributed by atoms with Crippen LogP contribution in [0.1, 0.15) is 35.3 Å². The van der Waals surface area contributed by atoms with Crippen molar-refractivity contribution in [3.8, 4) is 28.7 Å². The lowest BCUT2D eigenvalue weighted by atomic mass is 10.0. The summed E-state index contributed by atoms with van der Waals surface area (Å²) in [6, 6.07) is 7.19. The van der Waals surface area contributed by atoms with E-state index in [1.807, 2.05) is 6.92 Å². The number of benzene rings is 2. The fraction of sp³-hybridized carbons (Fsp3) is 0.364. The number of methoxy groups -OCH3 is 4. The predicted molar refractivity (Wildman–Crippen MR) is 113 cm³/mol. The van der Waals surface area contributed by atoms with Gasteiger partial charge in [-0.25, -0.2) is 0 Å². The van der Waals surface area contributed by atoms with Gasteiger partial charge in [0.2, 0.25) is 5.75 Å². The topological polar surface area (TPSA) is 113 Å². The van der Waals surface area contributed by atoms with Gasteiger partial charge in [-0.15, -0.1) is 0 Å². The summed E-state index contributed by atoms with van der Waals surface area (Å²) in [6.45, 7) is 2.30. The van der Waals surface area contributed by atoms with Crippen LogP contribution in [0, 0.1) is 0 Å². The molecule has 0 aliphatic rings. The molecule has 2 N–H and O–H groups in total. The van der Waals surface area contributed by atoms with Crippen LogP contribution in [0.25, 0.3) is 0 Å². The molecule has 9 nitrogen and oxygen atoms in total. The molecule has 0 heterocycles. The second-order valence-electron chi connectivity index (χ2n) is 6.38. The Hall–Kier alpha value is -3.62. The Balaban J connectivity index is 2.39. The first kappa shape index (κ1) is 23.7. The van der Waals surface area contributed by atoms with Crippen molar-refractivity contribution in [2.75, 3.05) is 35.0 Å². The molecule has 0 aromatic heterocycles. The first-order valence-corrected chi connectivity index (χ1v) is 9.51. The summed E-state index contributed by atoms with van der Waals surface area (Å²) in [5.41, 5.74) is 0.784. The molecule has 0 aliphatic carbocycles. The van der Waals surface area contributed by atoms with Crippen LogP contribution in [0.2, 0.25) is 0 Å². The maximum Gasteiger partial charge on any atom is 0.305 e. The second-order valence-corrected chi connectivity index (χ2v) is 6.38. The molecule has 2 rings (SSSR count). The van der Waals surface area contributed by atoms with Crippen LogP contribution in [0.15, 0.2) is 30.3 Å². The number of carbonyl (C=O) groups is 2. The predicted octanol–water partition coefficient (Wildman–Crippen LogP) is 3.07. The number of ether oxygens (including phenoxy) is 5. The maximum atomic E-state index is 13.0. The van der Waals surface area contributed by atoms with Crippen molar-refractivity contribution in [1.82, 2.24) is 5.32 Å². The number of carbonyl (C=O) groups excluding carboxylic acids is 1. The molecule has 1 atom stereocenters. The number of nitrogens with one attached hydrogen (secondary N) is 1. The van der Waals surface area contributed by atoms with Crippen LogP contribution in [-0.2, 0) is 4.79 Å². The SMILES string of the molecule is CCOc1ccc([C@H](CC(=O)O)NC(=O)c2cc(OC)c(OC)c(OC)c2)cc1OC. The van der Waals surface area contributed by atoms with Gasteiger partial charge in [-0.3, -0.25) is 9.59 Å². The van der Waals surface area contributed by atoms with Gasteiger partial charge in [0.05, 0.1) is 47.5 Å². The average molecular weight is 433 g/mol. The zero-order valence-electron chi connectivity index (χ0n) is 18.2. The molecule has 9 heteroatoms. The highest BCUT2D eigenvalue weighted by Gasteiger charge is 2.23. The second kappa shape index (κ2) is 11.0. The van der Waals surface area contributed by atoms with Crippen molar-refractivity contribution < 1.29 is 38.4 Å². The van der Waals surface area contributed by atoms with Gasteiger partial charge in [0.15, 0.2) is 23.0 Å². The van der Waals surface area contributed by atoms with Crippen LogP contribution in [0.5, 0.6) is 28.7 Å². The molecular formula is C22H27NO8. The van der Waals surface area contributed by atoms with Crippen LogP contribution >= 0.6 is 0 Å². The molecule has 0 unspecified atom stereocenters. The van der Waals surface area contributed by atoms with Gasteiger partial charge in [-0.1, -0.05) is 6.07 Å². The number of rotatable bonds is 11. The van der Waals surface area contributed by atoms with Gasteiger partial charge in [0.25, 0.3) is 5.91 Å². The summed E-state index contributed by atoms with van der Waals surface area (Å²) in [5, 5.41) is 12.1. The molecular weight excluding hydrogens is 406 g/mol. The van der Waals surface area contributed by atoms with Gasteiger partial charge in [-0.05, 0) is 36.8 Å². The Morgan fingerprint density at radius 2 is 1.52 bits per heavy atom. The fourth-order valence-electron chi connectivity index (χ4n) is 3.06. The van der Waals surface area contributed by atoms with Crippen molar-refractivity contribution in [3.05, 3.63) is 41.5 Å². The Morgan fingerprint density at radius 3 is 2.00 bits per heavy atom. The minimum Gasteiger partial charge on any atom is -0.493 e. The van der Waals surface area contributed by atoms with E-state index in [-0.39, 0.29) is 12.0 Å². The summed E-state index contributed by atoms with van der Waals surface area (Å²) in [4.78, 5) is 24.4. The lowest BCUT2D eigenvalue weighted by Crippen LogP contribution is -2.30. The van der Waals surface area contributed by atoms with Crippen LogP contribution in [0.4, 0.5) is 0 Å². The van der Waals surface area contributed by atoms with Gasteiger partial charge in [-0.2, -0.15) is 0 Å². The van der Waals surface area contributed by atoms with Crippen molar-refractivity contribution >= 4 is 11.9 Å². The highest BCUT2D eigenvalue weighted by molar-refractivity contribution is 5.96. The molecule has 0 saturated carbocycles. The third-order valence-electron chi connectivity index (χ3n) is 4.50. The maximum absolute atomic E-state index is 13.0. The van der Waals surface area contributed by atoms with Crippen molar-refractivity contribution in [1.29, 1.82) is 0 Å². The normalized spacial score (nSPS) is 11.3. The lowest BCUT2D eigenvalue weighted by molar-refractivity contribution is -0.137. The van der Waals surface area contributed by atoms with Crippen molar-refractivity contribution in [2.24, 2.45) is 0 Å². The zero-order valence-corrected chi connectivity index (χ0v) is 18.2. The molecule has 31 heavy (non-hydrogen) atoms. The van der Waals surface area contributed by atoms with Crippen LogP contribution in [0.3, 0.4) is 0 Å². The van der Waals surface area contributed by atoms with Gasteiger partial charge in [0, 0.05) is 5.56 Å². The van der Waals surface area contributed by atoms with Crippen LogP contribution < -0.4 is 29.0 Å². The Morgan fingerprint density at radius 1 is 0.903 bits per heavy atom. The molecule has 0 aliphatic heterocycles. The van der Waals surface area contributed by atoms with E-state index in [4.69, 9.17) is 23.7 Å². The summed E-state index contributed by atoms with van der Waals surface area (Å²) in [5.74, 6) is 0.367. The van der Waals surface area contributed by atoms with Gasteiger partial charge in [0.1, 0.15) is 0 Å². The van der Waals surface area contributed by atoms with E-state index < -0.39 is 17.9 Å². The average Bonchev–Trinajstić information content (AvgIpc) is 2.77. The van der Waals surface area contributed by atoms with Gasteiger partial charge >= 0.3 is 5.97 Å². The van der Waals surface area contributed by atoms with Crippen molar-refractivity contribution in [2.45, 2.75) is 19.4 Å². The summed E-state index contributed by atoms with van der Waals surface area (Å²) in [6.07, 6.45) is -0.326. The third-order valence-corrected chi connectivity index (χ3v) is 4.50. The first-order valence-electron chi connectivity index (χ1n) is 9.51. The minimum absolute atomic E-state index is 0.225. The van der Waals surface area contributed by atoms with Crippen molar-refractivity contribution in [3.63, 3.8) is 0 Å². The van der Waals surface area contributed by atoms with E-state index in [1.54, 1.807) is 18.2 Å². The lowest BCUT2D eigenvalue weighted by Gasteiger charge is -2.20. The summed E-state index contributed by atoms with van der Waals surface area (Å²) < 4.78 is 26.7. The summed E-state index contributed by atoms with van der Waals surface area (Å²) in [7, 11) is 5.83. The number of amides is 1. The first-order chi connectivity index (χ1) is 14.9. The van der Waals surface area contributed by atoms with E-state index in [9.17, 15) is 14.7 Å². The van der Waals surface area contributed by atoms with E-state index in [0.29, 0.717) is 40.9 Å². The number of carboxylic acid groups (broad SMARTS) is 1. The molecule has 1 amide bonds. The van der Waals surface area contributed by atoms with Crippen LogP contribution in [-0.4, -0.2) is 52.0 Å². The zero-order chi connectivity index (χ0) is 23.0. The van der Waals surface area contributed by atoms with E-state index in [2.05, 4.69) is 5.32 Å². The molecule has 0 spiro atoms. The molecule has 0 saturated heterocycles. The Labute approximate surface area is 180 Å². The number of hydrogen-bond donors (Lipinski definition) is 2. The molecule has 0 bridgehead atoms. The fourth-order valence-corrected chi connectivity index (χ4v) is 3.06. The number of hydrogen-bond acceptors (Lipinski definition) is 7. The highest BCUT2D eigenvalue weighted by atomic mass is 16.5. The molecule has 2 aromatic carbocycles. The third kappa shape index (κ3) is 5.71. The largest absolute Gasteiger partial charge is 0.493 e. The Kier molecular flexibility index (Phi) is 8.36. The van der Waals surface area contributed by atoms with E-state index in [0.717, 1.165) is 0 Å². The number of aliphatic carboxylic acids is 1. The smallest absolute Gasteiger partial charge is 0.305 e. The standard InChI is InChI=1S/C22H27NO8/c1-6-31-16-8-7-13(9-17(16)27-2)15(12-20(24)25)23-22(26)14-10-18(28-3)21(30-5)19(11-14)29-4/h7-11,15H,6,12H2,1-5H3,(H,23,26)(H,24,25)/t15-/m0/s1. The Bertz CT molecular complexity index is 903. The molecule has 0 fully saturated rings. The summed E-state index contributed by atoms with van der Waals surface area (Å²) >= 11 is 0. The minimum atomic E-state index is -1.07. The van der Waals surface area contributed by atoms with E-state index >= 15 is 0 Å². The number of carboxylic acids is 1. The van der Waals surface area contributed by atoms with Gasteiger partial charge < -0.3 is 34.1 Å².